The molecule has 0 bridgehead atoms. The Morgan fingerprint density at radius 2 is 0.913 bits per heavy atom. The van der Waals surface area contributed by atoms with Crippen LogP contribution in [0.2, 0.25) is 0 Å². The molecule has 0 aromatic heterocycles. The molecule has 23 heavy (non-hydrogen) atoms. The maximum Gasteiger partial charge on any atom is -0.0269 e. The van der Waals surface area contributed by atoms with Crippen LogP contribution in [-0.2, 0) is 0 Å². The average molecular weight is 324 g/mol. The average Bonchev–Trinajstić information content (AvgIpc) is 2.50. The number of unbranched alkanes of at least 4 members (excludes halogenated alkanes) is 14. The number of hydrogen-bond acceptors (Lipinski definition) is 0. The second kappa shape index (κ2) is 18.3. The summed E-state index contributed by atoms with van der Waals surface area (Å²) in [5, 5.41) is 0. The van der Waals surface area contributed by atoms with Crippen LogP contribution in [0.5, 0.6) is 0 Å². The molecule has 1 radical (unpaired) electrons. The van der Waals surface area contributed by atoms with Crippen LogP contribution < -0.4 is 0 Å². The van der Waals surface area contributed by atoms with Crippen LogP contribution in [0.25, 0.3) is 0 Å². The molecule has 0 unspecified atom stereocenters. The van der Waals surface area contributed by atoms with Gasteiger partial charge >= 0.3 is 0 Å². The molecule has 0 N–H and O–H groups in total. The Labute approximate surface area is 149 Å². The summed E-state index contributed by atoms with van der Waals surface area (Å²) in [6.07, 6.45) is 24.6. The summed E-state index contributed by atoms with van der Waals surface area (Å²) in [4.78, 5) is 0. The summed E-state index contributed by atoms with van der Waals surface area (Å²) in [7, 11) is 0. The van der Waals surface area contributed by atoms with Gasteiger partial charge in [0.2, 0.25) is 0 Å². The Morgan fingerprint density at radius 3 is 1.26 bits per heavy atom. The molecule has 0 aromatic rings. The molecule has 0 aliphatic rings. The van der Waals surface area contributed by atoms with Gasteiger partial charge in [-0.3, -0.25) is 0 Å². The minimum absolute atomic E-state index is 0.839. The zero-order chi connectivity index (χ0) is 17.2. The highest BCUT2D eigenvalue weighted by molar-refractivity contribution is 4.84. The molecule has 0 fully saturated rings. The summed E-state index contributed by atoms with van der Waals surface area (Å²) < 4.78 is 0. The molecule has 0 aliphatic carbocycles. The van der Waals surface area contributed by atoms with Gasteiger partial charge < -0.3 is 0 Å². The van der Waals surface area contributed by atoms with Crippen LogP contribution in [0.4, 0.5) is 0 Å². The molecule has 0 heteroatoms. The zero-order valence-electron chi connectivity index (χ0n) is 17.1. The van der Waals surface area contributed by atoms with Crippen LogP contribution in [0.1, 0.15) is 137 Å². The SMILES string of the molecule is CCCCCCCCCCCCCCCCC[C](C)CC(C)C. The normalized spacial score (nSPS) is 11.7. The lowest BCUT2D eigenvalue weighted by atomic mass is 9.93. The van der Waals surface area contributed by atoms with E-state index in [0.29, 0.717) is 0 Å². The predicted octanol–water partition coefficient (Wildman–Crippen LogP) is 8.89. The van der Waals surface area contributed by atoms with Crippen LogP contribution in [0, 0.1) is 11.8 Å². The highest BCUT2D eigenvalue weighted by Crippen LogP contribution is 2.20. The van der Waals surface area contributed by atoms with Crippen LogP contribution in [0.3, 0.4) is 0 Å². The topological polar surface area (TPSA) is 0 Å². The highest BCUT2D eigenvalue weighted by Gasteiger charge is 2.04. The van der Waals surface area contributed by atoms with Gasteiger partial charge in [0.25, 0.3) is 0 Å². The largest absolute Gasteiger partial charge is 0.0654 e. The molecule has 0 rings (SSSR count). The first kappa shape index (κ1) is 23.0. The van der Waals surface area contributed by atoms with E-state index in [2.05, 4.69) is 27.7 Å². The Kier molecular flexibility index (Phi) is 18.3. The lowest BCUT2D eigenvalue weighted by molar-refractivity contribution is 0.519. The second-order valence-corrected chi connectivity index (χ2v) is 8.25. The van der Waals surface area contributed by atoms with E-state index < -0.39 is 0 Å². The molecule has 0 saturated heterocycles. The third-order valence-corrected chi connectivity index (χ3v) is 4.96. The fourth-order valence-corrected chi connectivity index (χ4v) is 3.60. The van der Waals surface area contributed by atoms with E-state index >= 15 is 0 Å². The molecule has 139 valence electrons. The van der Waals surface area contributed by atoms with Crippen molar-refractivity contribution in [3.8, 4) is 0 Å². The van der Waals surface area contributed by atoms with Gasteiger partial charge in [-0.1, -0.05) is 124 Å². The van der Waals surface area contributed by atoms with Crippen LogP contribution >= 0.6 is 0 Å². The molecule has 0 nitrogen and oxygen atoms in total. The predicted molar refractivity (Wildman–Crippen MR) is 108 cm³/mol. The molecule has 0 saturated carbocycles. The quantitative estimate of drug-likeness (QED) is 0.221. The van der Waals surface area contributed by atoms with Crippen molar-refractivity contribution in [2.24, 2.45) is 5.92 Å². The monoisotopic (exact) mass is 323 g/mol. The van der Waals surface area contributed by atoms with Crippen molar-refractivity contribution in [1.29, 1.82) is 0 Å². The molecule has 0 spiro atoms. The van der Waals surface area contributed by atoms with Crippen LogP contribution in [0.15, 0.2) is 0 Å². The first-order valence-corrected chi connectivity index (χ1v) is 11.0. The highest BCUT2D eigenvalue weighted by atomic mass is 14.1. The van der Waals surface area contributed by atoms with E-state index in [1.165, 1.54) is 109 Å². The Balaban J connectivity index is 3.05. The van der Waals surface area contributed by atoms with E-state index in [-0.39, 0.29) is 0 Å². The summed E-state index contributed by atoms with van der Waals surface area (Å²) in [5.74, 6) is 2.56. The minimum atomic E-state index is 0.839. The van der Waals surface area contributed by atoms with Gasteiger partial charge in [0.05, 0.1) is 0 Å². The third-order valence-electron chi connectivity index (χ3n) is 4.96. The van der Waals surface area contributed by atoms with Crippen molar-refractivity contribution in [1.82, 2.24) is 0 Å². The van der Waals surface area contributed by atoms with Crippen molar-refractivity contribution in [2.45, 2.75) is 137 Å². The Hall–Kier alpha value is 0. The summed E-state index contributed by atoms with van der Waals surface area (Å²) in [6.45, 7) is 9.31. The number of hydrogen-bond donors (Lipinski definition) is 0. The minimum Gasteiger partial charge on any atom is -0.0654 e. The van der Waals surface area contributed by atoms with Crippen molar-refractivity contribution in [2.75, 3.05) is 0 Å². The lowest BCUT2D eigenvalue weighted by Gasteiger charge is -2.12. The van der Waals surface area contributed by atoms with E-state index in [0.717, 1.165) is 5.92 Å². The van der Waals surface area contributed by atoms with Gasteiger partial charge in [-0.2, -0.15) is 0 Å². The number of rotatable bonds is 18. The van der Waals surface area contributed by atoms with Gasteiger partial charge in [-0.25, -0.2) is 0 Å². The molecular formula is C23H47. The lowest BCUT2D eigenvalue weighted by Crippen LogP contribution is -1.97. The fraction of sp³-hybridized carbons (Fsp3) is 0.957. The van der Waals surface area contributed by atoms with E-state index in [1.807, 2.05) is 0 Å². The zero-order valence-corrected chi connectivity index (χ0v) is 17.1. The molecule has 0 aromatic carbocycles. The first-order chi connectivity index (χ1) is 11.2. The first-order valence-electron chi connectivity index (χ1n) is 11.0. The molecule has 0 amide bonds. The van der Waals surface area contributed by atoms with E-state index in [9.17, 15) is 0 Å². The van der Waals surface area contributed by atoms with Crippen molar-refractivity contribution in [3.05, 3.63) is 5.92 Å². The van der Waals surface area contributed by atoms with E-state index in [1.54, 1.807) is 5.92 Å². The maximum atomic E-state index is 2.35. The van der Waals surface area contributed by atoms with E-state index in [4.69, 9.17) is 0 Å². The van der Waals surface area contributed by atoms with Gasteiger partial charge in [-0.15, -0.1) is 0 Å². The third kappa shape index (κ3) is 20.0. The summed E-state index contributed by atoms with van der Waals surface area (Å²) in [5.41, 5.74) is 0. The molecular weight excluding hydrogens is 276 g/mol. The van der Waals surface area contributed by atoms with Gasteiger partial charge in [0, 0.05) is 0 Å². The van der Waals surface area contributed by atoms with Crippen LogP contribution in [-0.4, -0.2) is 0 Å². The fourth-order valence-electron chi connectivity index (χ4n) is 3.60. The van der Waals surface area contributed by atoms with Gasteiger partial charge in [-0.05, 0) is 24.7 Å². The molecule has 0 atom stereocenters. The Bertz CT molecular complexity index is 206. The maximum absolute atomic E-state index is 2.35. The van der Waals surface area contributed by atoms with Crippen molar-refractivity contribution < 1.29 is 0 Å². The second-order valence-electron chi connectivity index (χ2n) is 8.25. The van der Waals surface area contributed by atoms with Gasteiger partial charge in [0.1, 0.15) is 0 Å². The van der Waals surface area contributed by atoms with Crippen molar-refractivity contribution in [3.63, 3.8) is 0 Å². The standard InChI is InChI=1S/C23H47/c1-5-6-7-8-9-10-11-12-13-14-15-16-17-18-19-20-23(4)21-22(2)3/h22H,5-21H2,1-4H3. The summed E-state index contributed by atoms with van der Waals surface area (Å²) >= 11 is 0. The summed E-state index contributed by atoms with van der Waals surface area (Å²) in [6, 6.07) is 0. The smallest absolute Gasteiger partial charge is 0.0269 e. The van der Waals surface area contributed by atoms with Gasteiger partial charge in [0.15, 0.2) is 0 Å². The van der Waals surface area contributed by atoms with Crippen molar-refractivity contribution >= 4 is 0 Å². The molecule has 0 aliphatic heterocycles. The Morgan fingerprint density at radius 1 is 0.565 bits per heavy atom. The molecule has 0 heterocycles.